The number of esters is 1. The molecule has 1 amide bonds. The van der Waals surface area contributed by atoms with Crippen LogP contribution in [0.25, 0.3) is 0 Å². The van der Waals surface area contributed by atoms with Crippen molar-refractivity contribution in [2.45, 2.75) is 9.79 Å². The smallest absolute Gasteiger partial charge is 0.339 e. The van der Waals surface area contributed by atoms with Gasteiger partial charge in [-0.2, -0.15) is 0 Å². The van der Waals surface area contributed by atoms with E-state index in [1.807, 2.05) is 42.5 Å². The molecule has 1 N–H and O–H groups in total. The van der Waals surface area contributed by atoms with E-state index in [0.717, 1.165) is 9.79 Å². The van der Waals surface area contributed by atoms with Gasteiger partial charge in [-0.05, 0) is 64.5 Å². The molecule has 28 heavy (non-hydrogen) atoms. The second-order valence-corrected chi connectivity index (χ2v) is 8.06. The van der Waals surface area contributed by atoms with E-state index in [-0.39, 0.29) is 6.61 Å². The summed E-state index contributed by atoms with van der Waals surface area (Å²) in [5, 5.41) is 3.45. The predicted molar refractivity (Wildman–Crippen MR) is 115 cm³/mol. The number of carbonyl (C=O) groups is 2. The molecule has 0 saturated carbocycles. The maximum atomic E-state index is 12.3. The highest BCUT2D eigenvalue weighted by Gasteiger charge is 2.14. The molecule has 7 heteroatoms. The molecule has 142 valence electrons. The quantitative estimate of drug-likeness (QED) is 0.440. The Morgan fingerprint density at radius 2 is 1.64 bits per heavy atom. The molecule has 0 spiro atoms. The lowest BCUT2D eigenvalue weighted by molar-refractivity contribution is -0.119. The molecule has 4 nitrogen and oxygen atoms in total. The van der Waals surface area contributed by atoms with Crippen molar-refractivity contribution in [3.8, 4) is 0 Å². The summed E-state index contributed by atoms with van der Waals surface area (Å²) >= 11 is 10.7. The van der Waals surface area contributed by atoms with Crippen molar-refractivity contribution in [3.05, 3.63) is 87.9 Å². The average molecular weight is 477 g/mol. The van der Waals surface area contributed by atoms with Gasteiger partial charge in [-0.1, -0.05) is 47.6 Å². The highest BCUT2D eigenvalue weighted by Crippen LogP contribution is 2.33. The summed E-state index contributed by atoms with van der Waals surface area (Å²) in [5.74, 6) is -0.976. The molecule has 0 atom stereocenters. The number of benzene rings is 3. The van der Waals surface area contributed by atoms with Crippen LogP contribution >= 0.6 is 39.3 Å². The first-order valence-corrected chi connectivity index (χ1v) is 10.3. The molecule has 0 heterocycles. The molecule has 0 bridgehead atoms. The zero-order chi connectivity index (χ0) is 19.9. The molecular formula is C21H15BrClNO3S. The standard InChI is InChI=1S/C21H15BrClNO3S/c22-17-6-2-1-5-16(17)21(26)27-13-20(25)24-18-7-3-4-8-19(18)28-15-11-9-14(23)10-12-15/h1-12H,13H2,(H,24,25). The number of hydrogen-bond acceptors (Lipinski definition) is 4. The van der Waals surface area contributed by atoms with Crippen LogP contribution in [-0.4, -0.2) is 18.5 Å². The highest BCUT2D eigenvalue weighted by atomic mass is 79.9. The zero-order valence-electron chi connectivity index (χ0n) is 14.5. The monoisotopic (exact) mass is 475 g/mol. The number of amides is 1. The molecule has 3 rings (SSSR count). The van der Waals surface area contributed by atoms with Gasteiger partial charge in [-0.25, -0.2) is 4.79 Å². The minimum absolute atomic E-state index is 0.369. The summed E-state index contributed by atoms with van der Waals surface area (Å²) < 4.78 is 5.73. The van der Waals surface area contributed by atoms with E-state index in [1.54, 1.807) is 30.3 Å². The fourth-order valence-electron chi connectivity index (χ4n) is 2.31. The van der Waals surface area contributed by atoms with E-state index in [2.05, 4.69) is 21.2 Å². The van der Waals surface area contributed by atoms with Gasteiger partial charge in [0, 0.05) is 19.3 Å². The summed E-state index contributed by atoms with van der Waals surface area (Å²) in [7, 11) is 0. The van der Waals surface area contributed by atoms with Crippen molar-refractivity contribution in [1.29, 1.82) is 0 Å². The highest BCUT2D eigenvalue weighted by molar-refractivity contribution is 9.10. The summed E-state index contributed by atoms with van der Waals surface area (Å²) in [6.07, 6.45) is 0. The molecule has 0 aromatic heterocycles. The van der Waals surface area contributed by atoms with Gasteiger partial charge in [-0.3, -0.25) is 4.79 Å². The Bertz CT molecular complexity index is 995. The van der Waals surface area contributed by atoms with Gasteiger partial charge in [0.15, 0.2) is 6.61 Å². The third-order valence-electron chi connectivity index (χ3n) is 3.63. The van der Waals surface area contributed by atoms with Crippen LogP contribution in [-0.2, 0) is 9.53 Å². The maximum Gasteiger partial charge on any atom is 0.339 e. The minimum Gasteiger partial charge on any atom is -0.452 e. The van der Waals surface area contributed by atoms with Crippen LogP contribution in [0.3, 0.4) is 0 Å². The van der Waals surface area contributed by atoms with Gasteiger partial charge < -0.3 is 10.1 Å². The van der Waals surface area contributed by atoms with Crippen LogP contribution < -0.4 is 5.32 Å². The molecule has 0 radical (unpaired) electrons. The molecule has 3 aromatic carbocycles. The van der Waals surface area contributed by atoms with E-state index in [0.29, 0.717) is 20.7 Å². The number of halogens is 2. The third kappa shape index (κ3) is 5.61. The fourth-order valence-corrected chi connectivity index (χ4v) is 3.78. The van der Waals surface area contributed by atoms with Gasteiger partial charge in [0.1, 0.15) is 0 Å². The second-order valence-electron chi connectivity index (χ2n) is 5.66. The van der Waals surface area contributed by atoms with E-state index < -0.39 is 11.9 Å². The van der Waals surface area contributed by atoms with Crippen LogP contribution in [0, 0.1) is 0 Å². The Hall–Kier alpha value is -2.28. The molecule has 0 fully saturated rings. The SMILES string of the molecule is O=C(COC(=O)c1ccccc1Br)Nc1ccccc1Sc1ccc(Cl)cc1. The van der Waals surface area contributed by atoms with Crippen molar-refractivity contribution in [2.75, 3.05) is 11.9 Å². The van der Waals surface area contributed by atoms with Gasteiger partial charge in [0.05, 0.1) is 11.3 Å². The van der Waals surface area contributed by atoms with E-state index in [9.17, 15) is 9.59 Å². The first kappa shape index (κ1) is 20.5. The van der Waals surface area contributed by atoms with E-state index >= 15 is 0 Å². The Morgan fingerprint density at radius 1 is 0.964 bits per heavy atom. The summed E-state index contributed by atoms with van der Waals surface area (Å²) in [6, 6.07) is 21.7. The number of ether oxygens (including phenoxy) is 1. The van der Waals surface area contributed by atoms with Gasteiger partial charge >= 0.3 is 5.97 Å². The van der Waals surface area contributed by atoms with Crippen LogP contribution in [0.4, 0.5) is 5.69 Å². The fraction of sp³-hybridized carbons (Fsp3) is 0.0476. The number of rotatable bonds is 6. The van der Waals surface area contributed by atoms with Gasteiger partial charge in [-0.15, -0.1) is 0 Å². The lowest BCUT2D eigenvalue weighted by atomic mass is 10.2. The topological polar surface area (TPSA) is 55.4 Å². The minimum atomic E-state index is -0.563. The van der Waals surface area contributed by atoms with Crippen molar-refractivity contribution < 1.29 is 14.3 Å². The Morgan fingerprint density at radius 3 is 2.39 bits per heavy atom. The van der Waals surface area contributed by atoms with Crippen molar-refractivity contribution >= 4 is 56.9 Å². The molecule has 0 aliphatic carbocycles. The lowest BCUT2D eigenvalue weighted by Gasteiger charge is -2.11. The van der Waals surface area contributed by atoms with Crippen LogP contribution in [0.1, 0.15) is 10.4 Å². The Balaban J connectivity index is 1.62. The first-order chi connectivity index (χ1) is 13.5. The largest absolute Gasteiger partial charge is 0.452 e. The first-order valence-electron chi connectivity index (χ1n) is 8.27. The number of anilines is 1. The molecule has 0 aliphatic heterocycles. The van der Waals surface area contributed by atoms with Crippen LogP contribution in [0.2, 0.25) is 5.02 Å². The lowest BCUT2D eigenvalue weighted by Crippen LogP contribution is -2.21. The zero-order valence-corrected chi connectivity index (χ0v) is 17.7. The number of hydrogen-bond donors (Lipinski definition) is 1. The number of para-hydroxylation sites is 1. The van der Waals surface area contributed by atoms with Crippen molar-refractivity contribution in [2.24, 2.45) is 0 Å². The molecule has 3 aromatic rings. The van der Waals surface area contributed by atoms with E-state index in [4.69, 9.17) is 16.3 Å². The number of carbonyl (C=O) groups excluding carboxylic acids is 2. The van der Waals surface area contributed by atoms with Crippen molar-refractivity contribution in [3.63, 3.8) is 0 Å². The number of nitrogens with one attached hydrogen (secondary N) is 1. The summed E-state index contributed by atoms with van der Waals surface area (Å²) in [4.78, 5) is 26.2. The predicted octanol–water partition coefficient (Wildman–Crippen LogP) is 6.05. The molecular weight excluding hydrogens is 462 g/mol. The normalized spacial score (nSPS) is 10.4. The summed E-state index contributed by atoms with van der Waals surface area (Å²) in [5.41, 5.74) is 1.01. The van der Waals surface area contributed by atoms with E-state index in [1.165, 1.54) is 11.8 Å². The Labute approximate surface area is 180 Å². The second kappa shape index (κ2) is 9.78. The maximum absolute atomic E-state index is 12.3. The van der Waals surface area contributed by atoms with Crippen LogP contribution in [0.15, 0.2) is 87.1 Å². The summed E-state index contributed by atoms with van der Waals surface area (Å²) in [6.45, 7) is -0.375. The van der Waals surface area contributed by atoms with Crippen LogP contribution in [0.5, 0.6) is 0 Å². The molecule has 0 aliphatic rings. The average Bonchev–Trinajstić information content (AvgIpc) is 2.70. The molecule has 0 saturated heterocycles. The Kier molecular flexibility index (Phi) is 7.14. The van der Waals surface area contributed by atoms with Gasteiger partial charge in [0.25, 0.3) is 5.91 Å². The third-order valence-corrected chi connectivity index (χ3v) is 5.66. The molecule has 0 unspecified atom stereocenters. The van der Waals surface area contributed by atoms with Crippen molar-refractivity contribution in [1.82, 2.24) is 0 Å². The van der Waals surface area contributed by atoms with Gasteiger partial charge in [0.2, 0.25) is 0 Å².